The first-order chi connectivity index (χ1) is 10.2. The predicted molar refractivity (Wildman–Crippen MR) is 85.2 cm³/mol. The minimum Gasteiger partial charge on any atom is -0.488 e. The Kier molecular flexibility index (Phi) is 6.45. The van der Waals surface area contributed by atoms with Crippen LogP contribution in [0.2, 0.25) is 0 Å². The van der Waals surface area contributed by atoms with Crippen LogP contribution >= 0.6 is 15.9 Å². The third-order valence-corrected chi connectivity index (χ3v) is 4.21. The fourth-order valence-corrected chi connectivity index (χ4v) is 2.79. The van der Waals surface area contributed by atoms with E-state index in [1.165, 1.54) is 6.07 Å². The van der Waals surface area contributed by atoms with E-state index in [2.05, 4.69) is 35.1 Å². The number of ether oxygens (including phenoxy) is 2. The molecule has 3 nitrogen and oxygen atoms in total. The van der Waals surface area contributed by atoms with Gasteiger partial charge in [0.1, 0.15) is 23.8 Å². The lowest BCUT2D eigenvalue weighted by Crippen LogP contribution is -2.61. The summed E-state index contributed by atoms with van der Waals surface area (Å²) in [5.41, 5.74) is 0. The van der Waals surface area contributed by atoms with Gasteiger partial charge in [-0.05, 0) is 53.5 Å². The van der Waals surface area contributed by atoms with E-state index in [1.54, 1.807) is 12.1 Å². The Hall–Kier alpha value is -0.650. The van der Waals surface area contributed by atoms with E-state index < -0.39 is 0 Å². The van der Waals surface area contributed by atoms with Gasteiger partial charge >= 0.3 is 0 Å². The highest BCUT2D eigenvalue weighted by Gasteiger charge is 2.43. The monoisotopic (exact) mass is 359 g/mol. The van der Waals surface area contributed by atoms with Gasteiger partial charge in [-0.2, -0.15) is 0 Å². The quantitative estimate of drug-likeness (QED) is 0.763. The Morgan fingerprint density at radius 1 is 1.33 bits per heavy atom. The SMILES string of the molecule is CCCNC1CC(Oc2ccc(F)c(Br)c2)C1OCCC. The number of nitrogens with one attached hydrogen (secondary N) is 1. The lowest BCUT2D eigenvalue weighted by Gasteiger charge is -2.44. The highest BCUT2D eigenvalue weighted by molar-refractivity contribution is 9.10. The molecule has 118 valence electrons. The molecule has 1 fully saturated rings. The van der Waals surface area contributed by atoms with Crippen LogP contribution in [-0.4, -0.2) is 31.4 Å². The average Bonchev–Trinajstić information content (AvgIpc) is 2.46. The Morgan fingerprint density at radius 3 is 2.81 bits per heavy atom. The molecule has 1 N–H and O–H groups in total. The molecule has 1 aliphatic rings. The van der Waals surface area contributed by atoms with E-state index in [-0.39, 0.29) is 18.0 Å². The van der Waals surface area contributed by atoms with Crippen molar-refractivity contribution in [3.8, 4) is 5.75 Å². The van der Waals surface area contributed by atoms with Crippen LogP contribution in [0.25, 0.3) is 0 Å². The molecule has 0 amide bonds. The molecule has 1 aromatic rings. The van der Waals surface area contributed by atoms with Crippen LogP contribution in [0.4, 0.5) is 4.39 Å². The van der Waals surface area contributed by atoms with Crippen LogP contribution in [0.1, 0.15) is 33.1 Å². The van der Waals surface area contributed by atoms with E-state index in [4.69, 9.17) is 9.47 Å². The maximum atomic E-state index is 13.2. The minimum absolute atomic E-state index is 0.0308. The molecule has 0 heterocycles. The van der Waals surface area contributed by atoms with Gasteiger partial charge in [-0.3, -0.25) is 0 Å². The normalized spacial score (nSPS) is 24.7. The number of halogens is 2. The molecule has 1 saturated carbocycles. The lowest BCUT2D eigenvalue weighted by atomic mass is 9.85. The van der Waals surface area contributed by atoms with Gasteiger partial charge in [-0.1, -0.05) is 13.8 Å². The van der Waals surface area contributed by atoms with Crippen molar-refractivity contribution in [3.05, 3.63) is 28.5 Å². The Labute approximate surface area is 134 Å². The zero-order chi connectivity index (χ0) is 15.2. The molecule has 2 rings (SSSR count). The van der Waals surface area contributed by atoms with Crippen molar-refractivity contribution in [2.45, 2.75) is 51.4 Å². The molecular weight excluding hydrogens is 337 g/mol. The summed E-state index contributed by atoms with van der Waals surface area (Å²) in [7, 11) is 0. The highest BCUT2D eigenvalue weighted by atomic mass is 79.9. The molecular formula is C16H23BrFNO2. The van der Waals surface area contributed by atoms with E-state index in [9.17, 15) is 4.39 Å². The standard InChI is InChI=1S/C16H23BrFNO2/c1-3-7-19-14-10-15(16(14)20-8-4-2)21-11-5-6-13(18)12(17)9-11/h5-6,9,14-16,19H,3-4,7-8,10H2,1-2H3. The van der Waals surface area contributed by atoms with Crippen molar-refractivity contribution >= 4 is 15.9 Å². The summed E-state index contributed by atoms with van der Waals surface area (Å²) in [4.78, 5) is 0. The fourth-order valence-electron chi connectivity index (χ4n) is 2.43. The van der Waals surface area contributed by atoms with E-state index in [1.807, 2.05) is 0 Å². The summed E-state index contributed by atoms with van der Waals surface area (Å²) in [5.74, 6) is 0.393. The summed E-state index contributed by atoms with van der Waals surface area (Å²) in [6.07, 6.45) is 3.12. The van der Waals surface area contributed by atoms with Crippen LogP contribution < -0.4 is 10.1 Å². The maximum Gasteiger partial charge on any atom is 0.137 e. The second kappa shape index (κ2) is 8.11. The Balaban J connectivity index is 1.93. The summed E-state index contributed by atoms with van der Waals surface area (Å²) in [6, 6.07) is 5.08. The fraction of sp³-hybridized carbons (Fsp3) is 0.625. The van der Waals surface area contributed by atoms with Crippen LogP contribution in [0, 0.1) is 5.82 Å². The highest BCUT2D eigenvalue weighted by Crippen LogP contribution is 2.31. The van der Waals surface area contributed by atoms with E-state index >= 15 is 0 Å². The zero-order valence-corrected chi connectivity index (χ0v) is 14.2. The van der Waals surface area contributed by atoms with Gasteiger partial charge in [-0.15, -0.1) is 0 Å². The van der Waals surface area contributed by atoms with Gasteiger partial charge in [0.15, 0.2) is 0 Å². The van der Waals surface area contributed by atoms with Gasteiger partial charge in [0, 0.05) is 19.1 Å². The number of hydrogen-bond donors (Lipinski definition) is 1. The van der Waals surface area contributed by atoms with E-state index in [0.29, 0.717) is 16.3 Å². The topological polar surface area (TPSA) is 30.5 Å². The second-order valence-corrected chi connectivity index (χ2v) is 6.22. The molecule has 0 bridgehead atoms. The molecule has 1 aromatic carbocycles. The van der Waals surface area contributed by atoms with Crippen LogP contribution in [0.3, 0.4) is 0 Å². The molecule has 3 unspecified atom stereocenters. The van der Waals surface area contributed by atoms with Crippen molar-refractivity contribution in [1.82, 2.24) is 5.32 Å². The van der Waals surface area contributed by atoms with Crippen molar-refractivity contribution < 1.29 is 13.9 Å². The van der Waals surface area contributed by atoms with Crippen LogP contribution in [0.15, 0.2) is 22.7 Å². The summed E-state index contributed by atoms with van der Waals surface area (Å²) in [5, 5.41) is 3.49. The zero-order valence-electron chi connectivity index (χ0n) is 12.6. The minimum atomic E-state index is -0.280. The summed E-state index contributed by atoms with van der Waals surface area (Å²) in [6.45, 7) is 5.98. The first kappa shape index (κ1) is 16.7. The Bertz CT molecular complexity index is 458. The van der Waals surface area contributed by atoms with Crippen molar-refractivity contribution in [2.24, 2.45) is 0 Å². The van der Waals surface area contributed by atoms with Crippen molar-refractivity contribution in [3.63, 3.8) is 0 Å². The Morgan fingerprint density at radius 2 is 2.14 bits per heavy atom. The molecule has 0 aliphatic heterocycles. The summed E-state index contributed by atoms with van der Waals surface area (Å²) >= 11 is 3.18. The van der Waals surface area contributed by atoms with Crippen LogP contribution in [0.5, 0.6) is 5.75 Å². The van der Waals surface area contributed by atoms with Gasteiger partial charge < -0.3 is 14.8 Å². The first-order valence-corrected chi connectivity index (χ1v) is 8.41. The second-order valence-electron chi connectivity index (χ2n) is 5.36. The van der Waals surface area contributed by atoms with Crippen molar-refractivity contribution in [2.75, 3.05) is 13.2 Å². The third kappa shape index (κ3) is 4.41. The molecule has 0 radical (unpaired) electrons. The van der Waals surface area contributed by atoms with Gasteiger partial charge in [0.2, 0.25) is 0 Å². The largest absolute Gasteiger partial charge is 0.488 e. The smallest absolute Gasteiger partial charge is 0.137 e. The predicted octanol–water partition coefficient (Wildman–Crippen LogP) is 3.90. The molecule has 3 atom stereocenters. The van der Waals surface area contributed by atoms with Gasteiger partial charge in [-0.25, -0.2) is 4.39 Å². The van der Waals surface area contributed by atoms with Crippen molar-refractivity contribution in [1.29, 1.82) is 0 Å². The molecule has 0 saturated heterocycles. The first-order valence-electron chi connectivity index (χ1n) is 7.62. The average molecular weight is 360 g/mol. The number of hydrogen-bond acceptors (Lipinski definition) is 3. The maximum absolute atomic E-state index is 13.2. The van der Waals surface area contributed by atoms with Gasteiger partial charge in [0.05, 0.1) is 4.47 Å². The molecule has 0 spiro atoms. The number of rotatable bonds is 8. The lowest BCUT2D eigenvalue weighted by molar-refractivity contribution is -0.107. The molecule has 1 aliphatic carbocycles. The molecule has 5 heteroatoms. The molecule has 21 heavy (non-hydrogen) atoms. The van der Waals surface area contributed by atoms with Crippen LogP contribution in [-0.2, 0) is 4.74 Å². The van der Waals surface area contributed by atoms with Gasteiger partial charge in [0.25, 0.3) is 0 Å². The summed E-state index contributed by atoms with van der Waals surface area (Å²) < 4.78 is 25.5. The number of benzene rings is 1. The van der Waals surface area contributed by atoms with E-state index in [0.717, 1.165) is 32.4 Å². The molecule has 0 aromatic heterocycles. The third-order valence-electron chi connectivity index (χ3n) is 3.60.